The molecule has 5 rings (SSSR count). The fourth-order valence-electron chi connectivity index (χ4n) is 7.77. The van der Waals surface area contributed by atoms with E-state index in [1.165, 1.54) is 62.7 Å². The van der Waals surface area contributed by atoms with Crippen molar-refractivity contribution in [3.05, 3.63) is 22.7 Å². The summed E-state index contributed by atoms with van der Waals surface area (Å²) in [5.74, 6) is 2.85. The molecule has 3 fully saturated rings. The number of hydrogen-bond acceptors (Lipinski definition) is 5. The molecular weight excluding hydrogens is 368 g/mol. The second-order valence-electron chi connectivity index (χ2n) is 10.2. The van der Waals surface area contributed by atoms with Crippen molar-refractivity contribution >= 4 is 17.5 Å². The average molecular weight is 401 g/mol. The number of aromatic nitrogens is 2. The van der Waals surface area contributed by atoms with Gasteiger partial charge in [0.25, 0.3) is 0 Å². The van der Waals surface area contributed by atoms with Gasteiger partial charge in [-0.25, -0.2) is 0 Å². The number of esters is 1. The average Bonchev–Trinajstić information content (AvgIpc) is 3.28. The summed E-state index contributed by atoms with van der Waals surface area (Å²) in [6, 6.07) is 0. The van der Waals surface area contributed by atoms with Gasteiger partial charge in [-0.05, 0) is 85.1 Å². The van der Waals surface area contributed by atoms with E-state index in [-0.39, 0.29) is 12.1 Å². The number of hydrogen-bond donors (Lipinski definition) is 0. The second-order valence-corrected chi connectivity index (χ2v) is 10.8. The maximum atomic E-state index is 11.4. The number of ether oxygens (including phenoxy) is 1. The highest BCUT2D eigenvalue weighted by Crippen LogP contribution is 2.67. The molecule has 3 saturated carbocycles. The number of nitrogens with zero attached hydrogens (tertiary/aromatic N) is 2. The third-order valence-corrected chi connectivity index (χ3v) is 9.65. The monoisotopic (exact) mass is 400 g/mol. The van der Waals surface area contributed by atoms with Crippen LogP contribution in [-0.4, -0.2) is 21.7 Å². The number of carbonyl (C=O) groups excluding carboxylic acids is 1. The van der Waals surface area contributed by atoms with E-state index in [1.54, 1.807) is 5.57 Å². The molecule has 0 radical (unpaired) electrons. The Hall–Kier alpha value is -1.23. The lowest BCUT2D eigenvalue weighted by Gasteiger charge is -2.58. The van der Waals surface area contributed by atoms with E-state index >= 15 is 0 Å². The van der Waals surface area contributed by atoms with Gasteiger partial charge >= 0.3 is 5.97 Å². The summed E-state index contributed by atoms with van der Waals surface area (Å²) >= 11 is 1.50. The number of rotatable bonds is 2. The van der Waals surface area contributed by atoms with Gasteiger partial charge < -0.3 is 4.74 Å². The lowest BCUT2D eigenvalue weighted by molar-refractivity contribution is -0.148. The number of fused-ring (bicyclic) bond motifs is 5. The highest BCUT2D eigenvalue weighted by Gasteiger charge is 2.59. The summed E-state index contributed by atoms with van der Waals surface area (Å²) in [6.07, 6.45) is 12.3. The largest absolute Gasteiger partial charge is 0.462 e. The van der Waals surface area contributed by atoms with Crippen LogP contribution in [0.4, 0.5) is 0 Å². The van der Waals surface area contributed by atoms with Gasteiger partial charge in [0.2, 0.25) is 0 Å². The standard InChI is InChI=1S/C23H32N2O2S/c1-14(26)27-16-8-10-22(2)15(12-16)4-5-17-18-6-7-20(21-13-28-25-24-21)23(18,3)11-9-19(17)22/h4,13,16-20H,5-12H2,1-3H3/t16-,17-,18-,19-,20+,22-,23-/m0/s1. The van der Waals surface area contributed by atoms with Gasteiger partial charge in [0.15, 0.2) is 0 Å². The van der Waals surface area contributed by atoms with Crippen LogP contribution in [0.3, 0.4) is 0 Å². The molecule has 28 heavy (non-hydrogen) atoms. The van der Waals surface area contributed by atoms with Crippen LogP contribution < -0.4 is 0 Å². The van der Waals surface area contributed by atoms with Crippen molar-refractivity contribution in [2.45, 2.75) is 84.2 Å². The van der Waals surface area contributed by atoms with Crippen LogP contribution in [0.5, 0.6) is 0 Å². The molecule has 0 spiro atoms. The minimum Gasteiger partial charge on any atom is -0.462 e. The Morgan fingerprint density at radius 1 is 1.18 bits per heavy atom. The molecule has 7 atom stereocenters. The van der Waals surface area contributed by atoms with Crippen LogP contribution in [-0.2, 0) is 9.53 Å². The Balaban J connectivity index is 1.40. The third kappa shape index (κ3) is 2.72. The van der Waals surface area contributed by atoms with Crippen molar-refractivity contribution in [3.8, 4) is 0 Å². The first-order chi connectivity index (χ1) is 13.4. The summed E-state index contributed by atoms with van der Waals surface area (Å²) in [5, 5.41) is 6.65. The predicted octanol–water partition coefficient (Wildman–Crippen LogP) is 5.52. The highest BCUT2D eigenvalue weighted by atomic mass is 32.1. The lowest BCUT2D eigenvalue weighted by Crippen LogP contribution is -2.50. The minimum atomic E-state index is -0.134. The molecule has 0 bridgehead atoms. The van der Waals surface area contributed by atoms with Crippen LogP contribution in [0.1, 0.15) is 83.7 Å². The Morgan fingerprint density at radius 3 is 2.79 bits per heavy atom. The molecule has 1 aromatic rings. The van der Waals surface area contributed by atoms with Crippen molar-refractivity contribution in [3.63, 3.8) is 0 Å². The molecule has 0 aromatic carbocycles. The van der Waals surface area contributed by atoms with E-state index in [9.17, 15) is 4.79 Å². The summed E-state index contributed by atoms with van der Waals surface area (Å²) in [7, 11) is 0. The molecule has 0 amide bonds. The number of allylic oxidation sites excluding steroid dienone is 1. The van der Waals surface area contributed by atoms with Crippen LogP contribution in [0.2, 0.25) is 0 Å². The van der Waals surface area contributed by atoms with Gasteiger partial charge in [-0.1, -0.05) is 30.0 Å². The third-order valence-electron chi connectivity index (χ3n) is 9.13. The van der Waals surface area contributed by atoms with Crippen molar-refractivity contribution in [2.24, 2.45) is 28.6 Å². The molecule has 0 N–H and O–H groups in total. The van der Waals surface area contributed by atoms with Crippen LogP contribution in [0, 0.1) is 28.6 Å². The molecule has 0 saturated heterocycles. The SMILES string of the molecule is CC(=O)O[C@H]1CC[C@@]2(C)C(=CC[C@H]3[C@@H]4CC[C@H](c5csnn5)[C@@]4(C)CC[C@@H]32)C1. The van der Waals surface area contributed by atoms with E-state index < -0.39 is 0 Å². The summed E-state index contributed by atoms with van der Waals surface area (Å²) in [5.41, 5.74) is 3.51. The van der Waals surface area contributed by atoms with E-state index in [0.29, 0.717) is 16.7 Å². The van der Waals surface area contributed by atoms with E-state index in [0.717, 1.165) is 30.6 Å². The van der Waals surface area contributed by atoms with Gasteiger partial charge in [0.05, 0.1) is 5.69 Å². The summed E-state index contributed by atoms with van der Waals surface area (Å²) < 4.78 is 9.73. The first-order valence-electron chi connectivity index (χ1n) is 11.1. The van der Waals surface area contributed by atoms with Crippen LogP contribution >= 0.6 is 11.5 Å². The first kappa shape index (κ1) is 18.8. The fraction of sp³-hybridized carbons (Fsp3) is 0.783. The second kappa shape index (κ2) is 6.65. The first-order valence-corrected chi connectivity index (χ1v) is 11.9. The Labute approximate surface area is 172 Å². The van der Waals surface area contributed by atoms with Crippen molar-refractivity contribution in [2.75, 3.05) is 0 Å². The molecule has 1 aromatic heterocycles. The molecule has 0 aliphatic heterocycles. The van der Waals surface area contributed by atoms with Gasteiger partial charge in [0.1, 0.15) is 6.10 Å². The maximum Gasteiger partial charge on any atom is 0.302 e. The van der Waals surface area contributed by atoms with Gasteiger partial charge in [-0.2, -0.15) is 0 Å². The van der Waals surface area contributed by atoms with Crippen LogP contribution in [0.25, 0.3) is 0 Å². The molecule has 4 aliphatic rings. The molecule has 4 nitrogen and oxygen atoms in total. The zero-order valence-electron chi connectivity index (χ0n) is 17.3. The maximum absolute atomic E-state index is 11.4. The smallest absolute Gasteiger partial charge is 0.302 e. The van der Waals surface area contributed by atoms with Gasteiger partial charge in [-0.3, -0.25) is 4.79 Å². The summed E-state index contributed by atoms with van der Waals surface area (Å²) in [4.78, 5) is 11.4. The molecular formula is C23H32N2O2S. The molecule has 152 valence electrons. The molecule has 0 unspecified atom stereocenters. The quantitative estimate of drug-likeness (QED) is 0.485. The van der Waals surface area contributed by atoms with Gasteiger partial charge in [-0.15, -0.1) is 5.10 Å². The van der Waals surface area contributed by atoms with Crippen molar-refractivity contribution in [1.29, 1.82) is 0 Å². The normalized spacial score (nSPS) is 44.8. The lowest BCUT2D eigenvalue weighted by atomic mass is 9.47. The number of carbonyl (C=O) groups is 1. The van der Waals surface area contributed by atoms with Crippen LogP contribution in [0.15, 0.2) is 17.0 Å². The van der Waals surface area contributed by atoms with E-state index in [2.05, 4.69) is 34.9 Å². The van der Waals surface area contributed by atoms with Crippen molar-refractivity contribution < 1.29 is 9.53 Å². The molecule has 1 heterocycles. The Morgan fingerprint density at radius 2 is 2.04 bits per heavy atom. The molecule has 4 aliphatic carbocycles. The van der Waals surface area contributed by atoms with E-state index in [4.69, 9.17) is 4.74 Å². The van der Waals surface area contributed by atoms with Crippen molar-refractivity contribution in [1.82, 2.24) is 9.59 Å². The highest BCUT2D eigenvalue weighted by molar-refractivity contribution is 7.03. The summed E-state index contributed by atoms with van der Waals surface area (Å²) in [6.45, 7) is 6.60. The van der Waals surface area contributed by atoms with E-state index in [1.807, 2.05) is 0 Å². The zero-order chi connectivity index (χ0) is 19.5. The Kier molecular flexibility index (Phi) is 4.46. The van der Waals surface area contributed by atoms with Gasteiger partial charge in [0, 0.05) is 24.6 Å². The Bertz CT molecular complexity index is 791. The topological polar surface area (TPSA) is 52.1 Å². The molecule has 5 heteroatoms. The predicted molar refractivity (Wildman–Crippen MR) is 110 cm³/mol. The zero-order valence-corrected chi connectivity index (χ0v) is 18.1. The fourth-order valence-corrected chi connectivity index (χ4v) is 8.28. The minimum absolute atomic E-state index is 0.0928.